The van der Waals surface area contributed by atoms with Crippen LogP contribution < -0.4 is 5.32 Å². The molecule has 0 aliphatic heterocycles. The molecule has 2 aromatic carbocycles. The van der Waals surface area contributed by atoms with Gasteiger partial charge < -0.3 is 5.32 Å². The van der Waals surface area contributed by atoms with Gasteiger partial charge in [-0.3, -0.25) is 10.1 Å². The highest BCUT2D eigenvalue weighted by Gasteiger charge is 2.12. The molecule has 0 saturated carbocycles. The summed E-state index contributed by atoms with van der Waals surface area (Å²) in [6.45, 7) is 0. The molecule has 1 N–H and O–H groups in total. The van der Waals surface area contributed by atoms with Gasteiger partial charge in [-0.15, -0.1) is 23.1 Å². The topological polar surface area (TPSA) is 81.0 Å². The molecule has 6 nitrogen and oxygen atoms in total. The number of thiazole rings is 2. The zero-order chi connectivity index (χ0) is 18.1. The summed E-state index contributed by atoms with van der Waals surface area (Å²) < 4.78 is 1.12. The van der Waals surface area contributed by atoms with Gasteiger partial charge in [0.25, 0.3) is 5.69 Å². The van der Waals surface area contributed by atoms with Gasteiger partial charge in [0.1, 0.15) is 0 Å². The van der Waals surface area contributed by atoms with Crippen molar-refractivity contribution in [1.29, 1.82) is 0 Å². The lowest BCUT2D eigenvalue weighted by atomic mass is 10.1. The van der Waals surface area contributed by atoms with Gasteiger partial charge in [0, 0.05) is 28.0 Å². The number of thioether (sulfide) groups is 1. The summed E-state index contributed by atoms with van der Waals surface area (Å²) >= 11 is 4.69. The maximum Gasteiger partial charge on any atom is 0.270 e. The molecule has 4 rings (SSSR count). The second-order valence-electron chi connectivity index (χ2n) is 5.30. The molecule has 2 aromatic heterocycles. The van der Waals surface area contributed by atoms with Crippen molar-refractivity contribution in [2.24, 2.45) is 0 Å². The third-order valence-corrected chi connectivity index (χ3v) is 6.14. The molecule has 130 valence electrons. The molecule has 0 spiro atoms. The molecule has 0 aliphatic rings. The Bertz CT molecular complexity index is 1110. The molecule has 2 heterocycles. The number of nitrogens with one attached hydrogen (secondary N) is 1. The Morgan fingerprint density at radius 2 is 2.00 bits per heavy atom. The fourth-order valence-electron chi connectivity index (χ4n) is 2.48. The predicted molar refractivity (Wildman–Crippen MR) is 109 cm³/mol. The van der Waals surface area contributed by atoms with Crippen LogP contribution in [0.1, 0.15) is 0 Å². The average Bonchev–Trinajstić information content (AvgIpc) is 3.28. The number of aromatic nitrogens is 2. The van der Waals surface area contributed by atoms with E-state index >= 15 is 0 Å². The number of fused-ring (bicyclic) bond motifs is 1. The van der Waals surface area contributed by atoms with E-state index in [1.807, 2.05) is 29.8 Å². The average molecular weight is 401 g/mol. The van der Waals surface area contributed by atoms with Crippen molar-refractivity contribution in [2.45, 2.75) is 4.90 Å². The van der Waals surface area contributed by atoms with Crippen LogP contribution in [0, 0.1) is 10.1 Å². The SMILES string of the molecule is CSc1cccc2sc(Nc3nc(-c4cccc([N+](=O)[O-])c4)cs3)nc12. The second kappa shape index (κ2) is 7.02. The van der Waals surface area contributed by atoms with Crippen LogP contribution in [0.3, 0.4) is 0 Å². The second-order valence-corrected chi connectivity index (χ2v) is 8.03. The van der Waals surface area contributed by atoms with E-state index < -0.39 is 4.92 Å². The summed E-state index contributed by atoms with van der Waals surface area (Å²) in [5.74, 6) is 0. The van der Waals surface area contributed by atoms with E-state index in [1.54, 1.807) is 29.2 Å². The summed E-state index contributed by atoms with van der Waals surface area (Å²) in [4.78, 5) is 20.9. The first-order valence-electron chi connectivity index (χ1n) is 7.55. The van der Waals surface area contributed by atoms with Gasteiger partial charge in [0.15, 0.2) is 10.3 Å². The standard InChI is InChI=1S/C17H12N4O2S3/c1-24-13-6-3-7-14-15(13)19-17(26-14)20-16-18-12(9-25-16)10-4-2-5-11(8-10)21(22)23/h2-9H,1H3,(H,18,19,20). The first-order chi connectivity index (χ1) is 12.6. The van der Waals surface area contributed by atoms with Crippen molar-refractivity contribution in [3.63, 3.8) is 0 Å². The molecule has 0 radical (unpaired) electrons. The van der Waals surface area contributed by atoms with Gasteiger partial charge in [0.05, 0.1) is 20.8 Å². The monoisotopic (exact) mass is 400 g/mol. The van der Waals surface area contributed by atoms with Crippen LogP contribution in [0.25, 0.3) is 21.5 Å². The van der Waals surface area contributed by atoms with E-state index in [0.29, 0.717) is 10.8 Å². The van der Waals surface area contributed by atoms with Crippen molar-refractivity contribution in [2.75, 3.05) is 11.6 Å². The first-order valence-corrected chi connectivity index (χ1v) is 10.5. The molecular weight excluding hydrogens is 388 g/mol. The minimum atomic E-state index is -0.403. The van der Waals surface area contributed by atoms with Crippen molar-refractivity contribution in [1.82, 2.24) is 9.97 Å². The summed E-state index contributed by atoms with van der Waals surface area (Å²) in [6, 6.07) is 12.6. The first kappa shape index (κ1) is 17.0. The minimum Gasteiger partial charge on any atom is -0.307 e. The third-order valence-electron chi connectivity index (χ3n) is 3.67. The van der Waals surface area contributed by atoms with Crippen LogP contribution >= 0.6 is 34.4 Å². The van der Waals surface area contributed by atoms with Crippen molar-refractivity contribution < 1.29 is 4.92 Å². The van der Waals surface area contributed by atoms with E-state index in [1.165, 1.54) is 23.5 Å². The van der Waals surface area contributed by atoms with Gasteiger partial charge in [-0.25, -0.2) is 9.97 Å². The Kier molecular flexibility index (Phi) is 4.58. The zero-order valence-electron chi connectivity index (χ0n) is 13.5. The van der Waals surface area contributed by atoms with Crippen LogP contribution in [0.5, 0.6) is 0 Å². The van der Waals surface area contributed by atoms with E-state index in [-0.39, 0.29) is 5.69 Å². The molecule has 0 fully saturated rings. The van der Waals surface area contributed by atoms with E-state index in [4.69, 9.17) is 0 Å². The Balaban J connectivity index is 1.61. The number of hydrogen-bond acceptors (Lipinski definition) is 8. The minimum absolute atomic E-state index is 0.0563. The van der Waals surface area contributed by atoms with Crippen molar-refractivity contribution >= 4 is 60.6 Å². The summed E-state index contributed by atoms with van der Waals surface area (Å²) in [6.07, 6.45) is 2.04. The molecule has 0 saturated heterocycles. The summed E-state index contributed by atoms with van der Waals surface area (Å²) in [5.41, 5.74) is 2.47. The molecular formula is C17H12N4O2S3. The number of nitrogens with zero attached hydrogens (tertiary/aromatic N) is 3. The molecule has 26 heavy (non-hydrogen) atoms. The van der Waals surface area contributed by atoms with Crippen LogP contribution in [0.2, 0.25) is 0 Å². The molecule has 0 amide bonds. The van der Waals surface area contributed by atoms with Crippen LogP contribution in [0.15, 0.2) is 52.7 Å². The van der Waals surface area contributed by atoms with Gasteiger partial charge >= 0.3 is 0 Å². The normalized spacial score (nSPS) is 11.0. The lowest BCUT2D eigenvalue weighted by Gasteiger charge is -1.98. The number of nitro benzene ring substituents is 1. The van der Waals surface area contributed by atoms with Gasteiger partial charge in [0.2, 0.25) is 0 Å². The smallest absolute Gasteiger partial charge is 0.270 e. The number of non-ortho nitro benzene ring substituents is 1. The fraction of sp³-hybridized carbons (Fsp3) is 0.0588. The van der Waals surface area contributed by atoms with Gasteiger partial charge in [-0.05, 0) is 18.4 Å². The third kappa shape index (κ3) is 3.28. The number of anilines is 2. The van der Waals surface area contributed by atoms with Crippen LogP contribution in [-0.4, -0.2) is 21.1 Å². The Hall–Kier alpha value is -2.49. The van der Waals surface area contributed by atoms with E-state index in [0.717, 1.165) is 25.8 Å². The molecule has 0 atom stereocenters. The van der Waals surface area contributed by atoms with Crippen LogP contribution in [-0.2, 0) is 0 Å². The molecule has 9 heteroatoms. The van der Waals surface area contributed by atoms with Crippen molar-refractivity contribution in [3.05, 3.63) is 58.0 Å². The Labute approximate surface area is 161 Å². The Morgan fingerprint density at radius 1 is 1.15 bits per heavy atom. The van der Waals surface area contributed by atoms with E-state index in [9.17, 15) is 10.1 Å². The number of benzene rings is 2. The molecule has 4 aromatic rings. The maximum absolute atomic E-state index is 10.9. The number of para-hydroxylation sites is 1. The highest BCUT2D eigenvalue weighted by Crippen LogP contribution is 2.35. The highest BCUT2D eigenvalue weighted by molar-refractivity contribution is 7.98. The summed E-state index contributed by atoms with van der Waals surface area (Å²) in [7, 11) is 0. The largest absolute Gasteiger partial charge is 0.307 e. The predicted octanol–water partition coefficient (Wildman–Crippen LogP) is 5.79. The number of rotatable bonds is 5. The van der Waals surface area contributed by atoms with Crippen molar-refractivity contribution in [3.8, 4) is 11.3 Å². The van der Waals surface area contributed by atoms with Gasteiger partial charge in [-0.2, -0.15) is 0 Å². The zero-order valence-corrected chi connectivity index (χ0v) is 16.0. The fourth-order valence-corrected chi connectivity index (χ4v) is 4.78. The quantitative estimate of drug-likeness (QED) is 0.259. The lowest BCUT2D eigenvalue weighted by molar-refractivity contribution is -0.384. The summed E-state index contributed by atoms with van der Waals surface area (Å²) in [5, 5.41) is 17.5. The lowest BCUT2D eigenvalue weighted by Crippen LogP contribution is -1.90. The van der Waals surface area contributed by atoms with Gasteiger partial charge in [-0.1, -0.05) is 29.5 Å². The number of nitro groups is 1. The molecule has 0 unspecified atom stereocenters. The van der Waals surface area contributed by atoms with Crippen LogP contribution in [0.4, 0.5) is 16.0 Å². The molecule has 0 aliphatic carbocycles. The maximum atomic E-state index is 10.9. The Morgan fingerprint density at radius 3 is 2.81 bits per heavy atom. The number of hydrogen-bond donors (Lipinski definition) is 1. The van der Waals surface area contributed by atoms with E-state index in [2.05, 4.69) is 21.4 Å². The highest BCUT2D eigenvalue weighted by atomic mass is 32.2. The molecule has 0 bridgehead atoms.